The minimum absolute atomic E-state index is 0.0142. The first-order valence-electron chi connectivity index (χ1n) is 8.55. The highest BCUT2D eigenvalue weighted by atomic mass is 19.3. The zero-order valence-corrected chi connectivity index (χ0v) is 14.1. The molecule has 1 aromatic heterocycles. The molecule has 1 saturated heterocycles. The zero-order chi connectivity index (χ0) is 17.5. The lowest BCUT2D eigenvalue weighted by atomic mass is 9.74. The van der Waals surface area contributed by atoms with Crippen molar-refractivity contribution in [2.45, 2.75) is 69.4 Å². The summed E-state index contributed by atoms with van der Waals surface area (Å²) in [4.78, 5) is 13.4. The maximum Gasteiger partial charge on any atom is 0.352 e. The van der Waals surface area contributed by atoms with Gasteiger partial charge in [-0.25, -0.2) is 0 Å². The molecule has 8 heteroatoms. The van der Waals surface area contributed by atoms with Gasteiger partial charge in [-0.1, -0.05) is 0 Å². The largest absolute Gasteiger partial charge is 0.383 e. The molecule has 3 rings (SSSR count). The van der Waals surface area contributed by atoms with Crippen molar-refractivity contribution in [1.82, 2.24) is 19.7 Å². The number of nitrogens with zero attached hydrogens (tertiary/aromatic N) is 4. The lowest BCUT2D eigenvalue weighted by molar-refractivity contribution is -0.224. The quantitative estimate of drug-likeness (QED) is 0.910. The fraction of sp³-hybridized carbons (Fsp3) is 0.812. The molecule has 1 aliphatic heterocycles. The van der Waals surface area contributed by atoms with Gasteiger partial charge in [0.15, 0.2) is 0 Å². The Hall–Kier alpha value is -1.57. The smallest absolute Gasteiger partial charge is 0.352 e. The minimum atomic E-state index is -3.70. The number of aromatic nitrogens is 3. The van der Waals surface area contributed by atoms with Gasteiger partial charge in [0.2, 0.25) is 0 Å². The molecular formula is C16H24F2N4O2. The van der Waals surface area contributed by atoms with Crippen LogP contribution in [0, 0.1) is 0 Å². The number of halogens is 2. The number of aliphatic hydroxyl groups is 1. The summed E-state index contributed by atoms with van der Waals surface area (Å²) in [5.74, 6) is -3.98. The van der Waals surface area contributed by atoms with E-state index >= 15 is 0 Å². The molecule has 0 spiro atoms. The molecule has 2 heterocycles. The Morgan fingerprint density at radius 3 is 2.50 bits per heavy atom. The molecule has 2 fully saturated rings. The van der Waals surface area contributed by atoms with Crippen molar-refractivity contribution in [3.05, 3.63) is 12.2 Å². The average Bonchev–Trinajstić information content (AvgIpc) is 3.01. The molecule has 1 aromatic rings. The molecule has 1 saturated carbocycles. The lowest BCUT2D eigenvalue weighted by Crippen LogP contribution is -2.62. The van der Waals surface area contributed by atoms with Crippen LogP contribution in [0.15, 0.2) is 6.33 Å². The summed E-state index contributed by atoms with van der Waals surface area (Å²) in [6.07, 6.45) is 3.33. The normalized spacial score (nSPS) is 21.8. The molecule has 1 aliphatic carbocycles. The Balaban J connectivity index is 1.65. The summed E-state index contributed by atoms with van der Waals surface area (Å²) >= 11 is 0. The molecule has 6 nitrogen and oxygen atoms in total. The third-order valence-corrected chi connectivity index (χ3v) is 5.34. The summed E-state index contributed by atoms with van der Waals surface area (Å²) in [5, 5.41) is 18.0. The second-order valence-corrected chi connectivity index (χ2v) is 7.22. The van der Waals surface area contributed by atoms with Crippen molar-refractivity contribution < 1.29 is 18.7 Å². The number of carbonyl (C=O) groups excluding carboxylic acids is 1. The first-order valence-corrected chi connectivity index (χ1v) is 8.55. The van der Waals surface area contributed by atoms with Crippen molar-refractivity contribution in [3.63, 3.8) is 0 Å². The van der Waals surface area contributed by atoms with Gasteiger partial charge in [-0.05, 0) is 46.0 Å². The van der Waals surface area contributed by atoms with Gasteiger partial charge in [-0.3, -0.25) is 4.79 Å². The number of amides is 1. The summed E-state index contributed by atoms with van der Waals surface area (Å²) in [6.45, 7) is 4.57. The SMILES string of the molecule is CC(C)n1cnnc1C1CCN(C(=O)C(F)(F)C2(O)CCC2)CC1. The minimum Gasteiger partial charge on any atom is -0.383 e. The van der Waals surface area contributed by atoms with Gasteiger partial charge in [0.1, 0.15) is 17.8 Å². The summed E-state index contributed by atoms with van der Waals surface area (Å²) in [7, 11) is 0. The Bertz CT molecular complexity index is 605. The highest BCUT2D eigenvalue weighted by molar-refractivity contribution is 5.85. The molecule has 1 amide bonds. The fourth-order valence-electron chi connectivity index (χ4n) is 3.51. The van der Waals surface area contributed by atoms with Crippen molar-refractivity contribution in [3.8, 4) is 0 Å². The fourth-order valence-corrected chi connectivity index (χ4v) is 3.51. The van der Waals surface area contributed by atoms with E-state index in [1.165, 1.54) is 4.90 Å². The first kappa shape index (κ1) is 17.3. The predicted octanol–water partition coefficient (Wildman–Crippen LogP) is 2.12. The van der Waals surface area contributed by atoms with Gasteiger partial charge in [-0.2, -0.15) is 8.78 Å². The van der Waals surface area contributed by atoms with Crippen LogP contribution >= 0.6 is 0 Å². The summed E-state index contributed by atoms with van der Waals surface area (Å²) in [5.41, 5.74) is -2.15. The maximum atomic E-state index is 14.3. The van der Waals surface area contributed by atoms with E-state index in [0.717, 1.165) is 5.82 Å². The predicted molar refractivity (Wildman–Crippen MR) is 82.7 cm³/mol. The maximum absolute atomic E-state index is 14.3. The first-order chi connectivity index (χ1) is 11.3. The van der Waals surface area contributed by atoms with E-state index < -0.39 is 17.4 Å². The monoisotopic (exact) mass is 342 g/mol. The van der Waals surface area contributed by atoms with E-state index in [1.807, 2.05) is 18.4 Å². The lowest BCUT2D eigenvalue weighted by Gasteiger charge is -2.44. The number of carbonyl (C=O) groups is 1. The van der Waals surface area contributed by atoms with E-state index in [9.17, 15) is 18.7 Å². The van der Waals surface area contributed by atoms with Crippen LogP contribution in [0.3, 0.4) is 0 Å². The van der Waals surface area contributed by atoms with E-state index in [2.05, 4.69) is 10.2 Å². The van der Waals surface area contributed by atoms with Crippen molar-refractivity contribution >= 4 is 5.91 Å². The van der Waals surface area contributed by atoms with Crippen LogP contribution in [-0.2, 0) is 4.79 Å². The average molecular weight is 342 g/mol. The highest BCUT2D eigenvalue weighted by Gasteiger charge is 2.62. The number of piperidine rings is 1. The topological polar surface area (TPSA) is 71.2 Å². The highest BCUT2D eigenvalue weighted by Crippen LogP contribution is 2.45. The second kappa shape index (κ2) is 6.06. The van der Waals surface area contributed by atoms with Crippen molar-refractivity contribution in [1.29, 1.82) is 0 Å². The van der Waals surface area contributed by atoms with Crippen molar-refractivity contribution in [2.24, 2.45) is 0 Å². The summed E-state index contributed by atoms with van der Waals surface area (Å²) < 4.78 is 30.6. The van der Waals surface area contributed by atoms with Crippen LogP contribution < -0.4 is 0 Å². The number of rotatable bonds is 4. The Kier molecular flexibility index (Phi) is 4.36. The number of hydrogen-bond acceptors (Lipinski definition) is 4. The molecule has 0 unspecified atom stereocenters. The molecule has 0 aromatic carbocycles. The third kappa shape index (κ3) is 2.70. The van der Waals surface area contributed by atoms with Gasteiger partial charge in [-0.15, -0.1) is 10.2 Å². The van der Waals surface area contributed by atoms with Gasteiger partial charge in [0.05, 0.1) is 0 Å². The van der Waals surface area contributed by atoms with Gasteiger partial charge >= 0.3 is 5.92 Å². The number of alkyl halides is 2. The molecular weight excluding hydrogens is 318 g/mol. The third-order valence-electron chi connectivity index (χ3n) is 5.34. The van der Waals surface area contributed by atoms with Gasteiger partial charge < -0.3 is 14.6 Å². The van der Waals surface area contributed by atoms with E-state index in [4.69, 9.17) is 0 Å². The number of likely N-dealkylation sites (tertiary alicyclic amines) is 1. The van der Waals surface area contributed by atoms with Crippen LogP contribution in [-0.4, -0.2) is 55.3 Å². The molecule has 1 N–H and O–H groups in total. The Labute approximate surface area is 139 Å². The number of hydrogen-bond donors (Lipinski definition) is 1. The van der Waals surface area contributed by atoms with Crippen LogP contribution in [0.1, 0.15) is 63.7 Å². The van der Waals surface area contributed by atoms with Crippen LogP contribution in [0.5, 0.6) is 0 Å². The zero-order valence-electron chi connectivity index (χ0n) is 14.1. The van der Waals surface area contributed by atoms with E-state index in [-0.39, 0.29) is 37.9 Å². The Morgan fingerprint density at radius 2 is 2.00 bits per heavy atom. The van der Waals surface area contributed by atoms with Gasteiger partial charge in [0, 0.05) is 25.0 Å². The molecule has 0 bridgehead atoms. The molecule has 2 aliphatic rings. The Morgan fingerprint density at radius 1 is 1.38 bits per heavy atom. The molecule has 0 atom stereocenters. The van der Waals surface area contributed by atoms with Crippen molar-refractivity contribution in [2.75, 3.05) is 13.1 Å². The molecule has 24 heavy (non-hydrogen) atoms. The van der Waals surface area contributed by atoms with E-state index in [0.29, 0.717) is 19.3 Å². The van der Waals surface area contributed by atoms with Crippen LogP contribution in [0.4, 0.5) is 8.78 Å². The molecule has 134 valence electrons. The van der Waals surface area contributed by atoms with Crippen LogP contribution in [0.25, 0.3) is 0 Å². The van der Waals surface area contributed by atoms with Gasteiger partial charge in [0.25, 0.3) is 5.91 Å². The second-order valence-electron chi connectivity index (χ2n) is 7.22. The molecule has 0 radical (unpaired) electrons. The standard InChI is InChI=1S/C16H24F2N4O2/c1-11(2)22-10-19-20-13(22)12-4-8-21(9-5-12)14(23)16(17,18)15(24)6-3-7-15/h10-12,24H,3-9H2,1-2H3. The van der Waals surface area contributed by atoms with Crippen LogP contribution in [0.2, 0.25) is 0 Å². The summed E-state index contributed by atoms with van der Waals surface area (Å²) in [6, 6.07) is 0.229. The van der Waals surface area contributed by atoms with E-state index in [1.54, 1.807) is 6.33 Å².